The molecule has 0 radical (unpaired) electrons. The molecular weight excluding hydrogens is 318 g/mol. The molecule has 0 saturated heterocycles. The van der Waals surface area contributed by atoms with Crippen LogP contribution in [0.15, 0.2) is 78.5 Å². The van der Waals surface area contributed by atoms with Crippen molar-refractivity contribution in [3.8, 4) is 0 Å². The van der Waals surface area contributed by atoms with Crippen molar-refractivity contribution >= 4 is 17.5 Å². The van der Waals surface area contributed by atoms with Crippen molar-refractivity contribution < 1.29 is 4.79 Å². The smallest absolute Gasteiger partial charge is 0.164 e. The summed E-state index contributed by atoms with van der Waals surface area (Å²) in [5, 5.41) is 0. The minimum Gasteiger partial charge on any atom is -0.351 e. The van der Waals surface area contributed by atoms with Crippen LogP contribution in [-0.4, -0.2) is 12.8 Å². The van der Waals surface area contributed by atoms with Crippen molar-refractivity contribution in [2.45, 2.75) is 26.2 Å². The summed E-state index contributed by atoms with van der Waals surface area (Å²) < 4.78 is 0. The lowest BCUT2D eigenvalue weighted by atomic mass is 9.90. The molecule has 0 N–H and O–H groups in total. The largest absolute Gasteiger partial charge is 0.351 e. The van der Waals surface area contributed by atoms with E-state index in [0.29, 0.717) is 5.78 Å². The summed E-state index contributed by atoms with van der Waals surface area (Å²) in [5.74, 6) is 0.714. The summed E-state index contributed by atoms with van der Waals surface area (Å²) in [7, 11) is 2.01. The van der Waals surface area contributed by atoms with Crippen LogP contribution >= 0.6 is 0 Å². The first-order chi connectivity index (χ1) is 12.7. The van der Waals surface area contributed by atoms with Crippen LogP contribution in [0, 0.1) is 11.8 Å². The van der Waals surface area contributed by atoms with Crippen molar-refractivity contribution in [3.05, 3.63) is 84.1 Å². The molecule has 26 heavy (non-hydrogen) atoms. The van der Waals surface area contributed by atoms with E-state index in [0.717, 1.165) is 30.5 Å². The highest BCUT2D eigenvalue weighted by molar-refractivity contribution is 6.00. The first kappa shape index (κ1) is 18.2. The van der Waals surface area contributed by atoms with Crippen LogP contribution in [0.5, 0.6) is 0 Å². The number of allylic oxidation sites excluding steroid dienone is 2. The molecule has 3 rings (SSSR count). The van der Waals surface area contributed by atoms with E-state index in [1.54, 1.807) is 0 Å². The molecule has 1 fully saturated rings. The lowest BCUT2D eigenvalue weighted by Crippen LogP contribution is -2.15. The Bertz CT molecular complexity index is 776. The third kappa shape index (κ3) is 4.32. The van der Waals surface area contributed by atoms with Gasteiger partial charge in [-0.15, -0.1) is 0 Å². The molecule has 134 valence electrons. The van der Waals surface area contributed by atoms with Gasteiger partial charge in [-0.1, -0.05) is 74.0 Å². The Balaban J connectivity index is 1.79. The molecule has 1 aliphatic carbocycles. The summed E-state index contributed by atoms with van der Waals surface area (Å²) in [6.07, 6.45) is 9.23. The number of Topliss-reactive ketones (excluding diaryl/α,β-unsaturated/α-hetero) is 1. The SMILES string of the molecule is CCCC1C(=O)/C(=C/N(C)c2ccccc2)CC1/C=C/c1ccccc1. The molecule has 1 saturated carbocycles. The monoisotopic (exact) mass is 345 g/mol. The Hall–Kier alpha value is -2.61. The molecule has 0 spiro atoms. The lowest BCUT2D eigenvalue weighted by Gasteiger charge is -2.15. The molecule has 0 amide bonds. The van der Waals surface area contributed by atoms with Gasteiger partial charge in [0.05, 0.1) is 0 Å². The normalized spacial score (nSPS) is 21.6. The highest BCUT2D eigenvalue weighted by Gasteiger charge is 2.36. The first-order valence-electron chi connectivity index (χ1n) is 9.45. The van der Waals surface area contributed by atoms with Crippen LogP contribution < -0.4 is 4.90 Å². The number of carbonyl (C=O) groups is 1. The van der Waals surface area contributed by atoms with E-state index in [1.165, 1.54) is 5.56 Å². The van der Waals surface area contributed by atoms with Gasteiger partial charge in [-0.05, 0) is 36.5 Å². The number of hydrogen-bond donors (Lipinski definition) is 0. The second-order valence-corrected chi connectivity index (χ2v) is 7.00. The molecule has 0 aliphatic heterocycles. The third-order valence-corrected chi connectivity index (χ3v) is 5.07. The molecule has 1 aliphatic rings. The standard InChI is InChI=1S/C24H27NO/c1-3-10-23-20(16-15-19-11-6-4-7-12-19)17-21(24(23)26)18-25(2)22-13-8-5-9-14-22/h4-9,11-16,18,20,23H,3,10,17H2,1-2H3/b16-15+,21-18+. The quantitative estimate of drug-likeness (QED) is 0.624. The van der Waals surface area contributed by atoms with Crippen molar-refractivity contribution in [1.82, 2.24) is 0 Å². The van der Waals surface area contributed by atoms with E-state index in [2.05, 4.69) is 48.2 Å². The van der Waals surface area contributed by atoms with Gasteiger partial charge in [0.25, 0.3) is 0 Å². The summed E-state index contributed by atoms with van der Waals surface area (Å²) in [5.41, 5.74) is 3.23. The summed E-state index contributed by atoms with van der Waals surface area (Å²) in [6.45, 7) is 2.16. The minimum atomic E-state index is 0.107. The van der Waals surface area contributed by atoms with Gasteiger partial charge in [0.2, 0.25) is 0 Å². The average molecular weight is 345 g/mol. The molecule has 2 unspecified atom stereocenters. The topological polar surface area (TPSA) is 20.3 Å². The number of carbonyl (C=O) groups excluding carboxylic acids is 1. The predicted octanol–water partition coefficient (Wildman–Crippen LogP) is 5.73. The molecule has 2 aromatic carbocycles. The molecule has 0 aromatic heterocycles. The zero-order chi connectivity index (χ0) is 18.4. The maximum absolute atomic E-state index is 13.0. The minimum absolute atomic E-state index is 0.107. The lowest BCUT2D eigenvalue weighted by molar-refractivity contribution is -0.118. The fourth-order valence-corrected chi connectivity index (χ4v) is 3.67. The number of hydrogen-bond acceptors (Lipinski definition) is 2. The Kier molecular flexibility index (Phi) is 6.06. The van der Waals surface area contributed by atoms with Crippen LogP contribution in [-0.2, 0) is 4.79 Å². The molecule has 0 heterocycles. The number of ketones is 1. The second-order valence-electron chi connectivity index (χ2n) is 7.00. The Morgan fingerprint density at radius 1 is 1.04 bits per heavy atom. The average Bonchev–Trinajstić information content (AvgIpc) is 2.97. The van der Waals surface area contributed by atoms with Gasteiger partial charge in [-0.3, -0.25) is 4.79 Å². The van der Waals surface area contributed by atoms with Gasteiger partial charge in [0, 0.05) is 30.4 Å². The number of rotatable bonds is 6. The predicted molar refractivity (Wildman–Crippen MR) is 110 cm³/mol. The maximum Gasteiger partial charge on any atom is 0.164 e. The fourth-order valence-electron chi connectivity index (χ4n) is 3.67. The molecule has 2 heteroatoms. The second kappa shape index (κ2) is 8.66. The van der Waals surface area contributed by atoms with Crippen molar-refractivity contribution in [2.24, 2.45) is 11.8 Å². The van der Waals surface area contributed by atoms with Crippen molar-refractivity contribution in [3.63, 3.8) is 0 Å². The van der Waals surface area contributed by atoms with E-state index >= 15 is 0 Å². The van der Waals surface area contributed by atoms with Crippen LogP contribution in [0.2, 0.25) is 0 Å². The van der Waals surface area contributed by atoms with Gasteiger partial charge in [0.1, 0.15) is 0 Å². The van der Waals surface area contributed by atoms with Crippen LogP contribution in [0.1, 0.15) is 31.7 Å². The fraction of sp³-hybridized carbons (Fsp3) is 0.292. The zero-order valence-electron chi connectivity index (χ0n) is 15.6. The third-order valence-electron chi connectivity index (χ3n) is 5.07. The molecule has 2 atom stereocenters. The van der Waals surface area contributed by atoms with Crippen LogP contribution in [0.25, 0.3) is 6.08 Å². The van der Waals surface area contributed by atoms with E-state index in [9.17, 15) is 4.79 Å². The van der Waals surface area contributed by atoms with Crippen LogP contribution in [0.4, 0.5) is 5.69 Å². The number of nitrogens with zero attached hydrogens (tertiary/aromatic N) is 1. The number of para-hydroxylation sites is 1. The molecule has 2 nitrogen and oxygen atoms in total. The van der Waals surface area contributed by atoms with Gasteiger partial charge < -0.3 is 4.90 Å². The number of benzene rings is 2. The van der Waals surface area contributed by atoms with E-state index < -0.39 is 0 Å². The van der Waals surface area contributed by atoms with Gasteiger partial charge in [-0.25, -0.2) is 0 Å². The molecular formula is C24H27NO. The first-order valence-corrected chi connectivity index (χ1v) is 9.45. The van der Waals surface area contributed by atoms with Gasteiger partial charge in [-0.2, -0.15) is 0 Å². The van der Waals surface area contributed by atoms with Gasteiger partial charge in [0.15, 0.2) is 5.78 Å². The summed E-state index contributed by atoms with van der Waals surface area (Å²) in [6, 6.07) is 20.5. The molecule has 0 bridgehead atoms. The highest BCUT2D eigenvalue weighted by atomic mass is 16.1. The Morgan fingerprint density at radius 2 is 1.69 bits per heavy atom. The van der Waals surface area contributed by atoms with E-state index in [1.807, 2.05) is 49.6 Å². The molecule has 2 aromatic rings. The number of anilines is 1. The highest BCUT2D eigenvalue weighted by Crippen LogP contribution is 2.37. The van der Waals surface area contributed by atoms with Crippen molar-refractivity contribution in [2.75, 3.05) is 11.9 Å². The van der Waals surface area contributed by atoms with Crippen LogP contribution in [0.3, 0.4) is 0 Å². The maximum atomic E-state index is 13.0. The van der Waals surface area contributed by atoms with Gasteiger partial charge >= 0.3 is 0 Å². The summed E-state index contributed by atoms with van der Waals surface area (Å²) >= 11 is 0. The zero-order valence-corrected chi connectivity index (χ0v) is 15.6. The van der Waals surface area contributed by atoms with Crippen molar-refractivity contribution in [1.29, 1.82) is 0 Å². The Morgan fingerprint density at radius 3 is 2.35 bits per heavy atom. The van der Waals surface area contributed by atoms with E-state index in [4.69, 9.17) is 0 Å². The van der Waals surface area contributed by atoms with E-state index in [-0.39, 0.29) is 11.8 Å². The Labute approximate surface area is 156 Å². The summed E-state index contributed by atoms with van der Waals surface area (Å²) in [4.78, 5) is 15.0.